The zero-order valence-electron chi connectivity index (χ0n) is 15.6. The summed E-state index contributed by atoms with van der Waals surface area (Å²) in [4.78, 5) is 18.8. The van der Waals surface area contributed by atoms with Gasteiger partial charge in [-0.2, -0.15) is 0 Å². The van der Waals surface area contributed by atoms with Crippen molar-refractivity contribution < 1.29 is 9.53 Å². The van der Waals surface area contributed by atoms with Crippen molar-refractivity contribution in [1.29, 1.82) is 0 Å². The van der Waals surface area contributed by atoms with Crippen LogP contribution in [0.2, 0.25) is 0 Å². The van der Waals surface area contributed by atoms with Crippen LogP contribution in [0.25, 0.3) is 0 Å². The molecule has 0 bridgehead atoms. The number of pyridine rings is 1. The van der Waals surface area contributed by atoms with Gasteiger partial charge in [0.25, 0.3) is 5.91 Å². The quantitative estimate of drug-likeness (QED) is 0.885. The number of aromatic nitrogens is 1. The van der Waals surface area contributed by atoms with E-state index in [0.29, 0.717) is 12.2 Å². The van der Waals surface area contributed by atoms with Gasteiger partial charge in [-0.15, -0.1) is 0 Å². The number of nitrogens with one attached hydrogen (secondary N) is 1. The first-order chi connectivity index (χ1) is 13.2. The standard InChI is InChI=1S/C22H27N3O2/c26-21(20-8-4-5-13-23-20)24-16-19-9-10-22(27-19)11-14-25(15-12-22)17-18-6-2-1-3-7-18/h1-8,13,19H,9-12,14-17H2,(H,24,26). The first-order valence-corrected chi connectivity index (χ1v) is 9.86. The van der Waals surface area contributed by atoms with Gasteiger partial charge < -0.3 is 10.1 Å². The fourth-order valence-electron chi connectivity index (χ4n) is 4.16. The van der Waals surface area contributed by atoms with E-state index in [9.17, 15) is 4.79 Å². The molecule has 142 valence electrons. The first kappa shape index (κ1) is 18.1. The number of hydrogen-bond acceptors (Lipinski definition) is 4. The molecule has 1 amide bonds. The van der Waals surface area contributed by atoms with E-state index in [0.717, 1.165) is 45.3 Å². The monoisotopic (exact) mass is 365 g/mol. The number of carbonyl (C=O) groups is 1. The third kappa shape index (κ3) is 4.54. The van der Waals surface area contributed by atoms with Crippen LogP contribution < -0.4 is 5.32 Å². The molecule has 2 aromatic rings. The fraction of sp³-hybridized carbons (Fsp3) is 0.455. The minimum Gasteiger partial charge on any atom is -0.370 e. The molecule has 1 N–H and O–H groups in total. The summed E-state index contributed by atoms with van der Waals surface area (Å²) < 4.78 is 6.41. The number of likely N-dealkylation sites (tertiary alicyclic amines) is 1. The lowest BCUT2D eigenvalue weighted by molar-refractivity contribution is -0.0764. The van der Waals surface area contributed by atoms with E-state index in [4.69, 9.17) is 4.74 Å². The minimum atomic E-state index is -0.127. The van der Waals surface area contributed by atoms with E-state index >= 15 is 0 Å². The molecule has 2 saturated heterocycles. The van der Waals surface area contributed by atoms with Gasteiger partial charge in [0.2, 0.25) is 0 Å². The van der Waals surface area contributed by atoms with Crippen molar-refractivity contribution >= 4 is 5.91 Å². The summed E-state index contributed by atoms with van der Waals surface area (Å²) in [6, 6.07) is 16.0. The molecular formula is C22H27N3O2. The highest BCUT2D eigenvalue weighted by Crippen LogP contribution is 2.39. The van der Waals surface area contributed by atoms with Gasteiger partial charge in [0.1, 0.15) is 5.69 Å². The third-order valence-electron chi connectivity index (χ3n) is 5.74. The number of rotatable bonds is 5. The van der Waals surface area contributed by atoms with Gasteiger partial charge in [-0.05, 0) is 43.4 Å². The summed E-state index contributed by atoms with van der Waals surface area (Å²) in [6.07, 6.45) is 6.00. The summed E-state index contributed by atoms with van der Waals surface area (Å²) in [7, 11) is 0. The van der Waals surface area contributed by atoms with Gasteiger partial charge in [0, 0.05) is 32.4 Å². The first-order valence-electron chi connectivity index (χ1n) is 9.86. The molecule has 1 aromatic heterocycles. The zero-order valence-corrected chi connectivity index (χ0v) is 15.6. The summed E-state index contributed by atoms with van der Waals surface area (Å²) >= 11 is 0. The maximum atomic E-state index is 12.1. The van der Waals surface area contributed by atoms with E-state index in [-0.39, 0.29) is 17.6 Å². The number of amides is 1. The molecule has 0 radical (unpaired) electrons. The molecule has 5 heteroatoms. The Bertz CT molecular complexity index is 743. The second-order valence-electron chi connectivity index (χ2n) is 7.65. The number of piperidine rings is 1. The molecule has 0 aliphatic carbocycles. The number of hydrogen-bond donors (Lipinski definition) is 1. The van der Waals surface area contributed by atoms with E-state index < -0.39 is 0 Å². The largest absolute Gasteiger partial charge is 0.370 e. The molecule has 5 nitrogen and oxygen atoms in total. The van der Waals surface area contributed by atoms with Gasteiger partial charge >= 0.3 is 0 Å². The molecule has 1 aromatic carbocycles. The molecule has 0 saturated carbocycles. The Morgan fingerprint density at radius 2 is 1.89 bits per heavy atom. The highest BCUT2D eigenvalue weighted by Gasteiger charge is 2.42. The third-order valence-corrected chi connectivity index (χ3v) is 5.74. The Morgan fingerprint density at radius 3 is 2.63 bits per heavy atom. The Morgan fingerprint density at radius 1 is 1.11 bits per heavy atom. The molecule has 1 spiro atoms. The van der Waals surface area contributed by atoms with Crippen LogP contribution in [0.4, 0.5) is 0 Å². The van der Waals surface area contributed by atoms with Crippen molar-refractivity contribution in [3.63, 3.8) is 0 Å². The number of carbonyl (C=O) groups excluding carboxylic acids is 1. The smallest absolute Gasteiger partial charge is 0.269 e. The van der Waals surface area contributed by atoms with E-state index in [1.54, 1.807) is 12.3 Å². The summed E-state index contributed by atoms with van der Waals surface area (Å²) in [5.41, 5.74) is 1.84. The molecule has 2 aliphatic rings. The van der Waals surface area contributed by atoms with Crippen molar-refractivity contribution in [2.45, 2.75) is 43.9 Å². The summed E-state index contributed by atoms with van der Waals surface area (Å²) in [5.74, 6) is -0.127. The predicted molar refractivity (Wildman–Crippen MR) is 104 cm³/mol. The van der Waals surface area contributed by atoms with Crippen LogP contribution in [0.3, 0.4) is 0 Å². The van der Waals surface area contributed by atoms with E-state index in [1.165, 1.54) is 5.56 Å². The van der Waals surface area contributed by atoms with Gasteiger partial charge in [0.15, 0.2) is 0 Å². The van der Waals surface area contributed by atoms with Gasteiger partial charge in [0.05, 0.1) is 11.7 Å². The molecule has 2 fully saturated rings. The molecule has 2 aliphatic heterocycles. The normalized spacial score (nSPS) is 22.0. The molecule has 1 atom stereocenters. The molecule has 3 heterocycles. The van der Waals surface area contributed by atoms with Crippen molar-refractivity contribution in [1.82, 2.24) is 15.2 Å². The average Bonchev–Trinajstić information content (AvgIpc) is 3.12. The maximum absolute atomic E-state index is 12.1. The van der Waals surface area contributed by atoms with Gasteiger partial charge in [-0.1, -0.05) is 36.4 Å². The number of nitrogens with zero attached hydrogens (tertiary/aromatic N) is 2. The van der Waals surface area contributed by atoms with Crippen molar-refractivity contribution in [2.24, 2.45) is 0 Å². The predicted octanol–water partition coefficient (Wildman–Crippen LogP) is 3.03. The average molecular weight is 365 g/mol. The number of benzene rings is 1. The van der Waals surface area contributed by atoms with Crippen molar-refractivity contribution in [2.75, 3.05) is 19.6 Å². The van der Waals surface area contributed by atoms with E-state index in [1.807, 2.05) is 12.1 Å². The lowest BCUT2D eigenvalue weighted by Gasteiger charge is -2.39. The van der Waals surface area contributed by atoms with Crippen LogP contribution in [0, 0.1) is 0 Å². The Hall–Kier alpha value is -2.24. The maximum Gasteiger partial charge on any atom is 0.269 e. The molecular weight excluding hydrogens is 338 g/mol. The van der Waals surface area contributed by atoms with Crippen LogP contribution >= 0.6 is 0 Å². The van der Waals surface area contributed by atoms with Crippen molar-refractivity contribution in [3.8, 4) is 0 Å². The lowest BCUT2D eigenvalue weighted by Crippen LogP contribution is -2.44. The number of ether oxygens (including phenoxy) is 1. The molecule has 27 heavy (non-hydrogen) atoms. The van der Waals surface area contributed by atoms with Crippen LogP contribution in [0.5, 0.6) is 0 Å². The Labute approximate surface area is 160 Å². The fourth-order valence-corrected chi connectivity index (χ4v) is 4.16. The molecule has 4 rings (SSSR count). The highest BCUT2D eigenvalue weighted by molar-refractivity contribution is 5.92. The minimum absolute atomic E-state index is 0.00752. The highest BCUT2D eigenvalue weighted by atomic mass is 16.5. The van der Waals surface area contributed by atoms with Crippen LogP contribution in [0.1, 0.15) is 41.7 Å². The lowest BCUT2D eigenvalue weighted by atomic mass is 9.88. The van der Waals surface area contributed by atoms with Crippen LogP contribution in [-0.2, 0) is 11.3 Å². The van der Waals surface area contributed by atoms with Gasteiger partial charge in [-0.25, -0.2) is 0 Å². The van der Waals surface area contributed by atoms with Crippen LogP contribution in [-0.4, -0.2) is 47.1 Å². The van der Waals surface area contributed by atoms with Crippen LogP contribution in [0.15, 0.2) is 54.7 Å². The summed E-state index contributed by atoms with van der Waals surface area (Å²) in [6.45, 7) is 3.72. The summed E-state index contributed by atoms with van der Waals surface area (Å²) in [5, 5.41) is 2.97. The SMILES string of the molecule is O=C(NCC1CCC2(CCN(Cc3ccccc3)CC2)O1)c1ccccn1. The zero-order chi connectivity index (χ0) is 18.5. The van der Waals surface area contributed by atoms with E-state index in [2.05, 4.69) is 45.5 Å². The second kappa shape index (κ2) is 8.19. The topological polar surface area (TPSA) is 54.5 Å². The molecule has 1 unspecified atom stereocenters. The Balaban J connectivity index is 1.23. The van der Waals surface area contributed by atoms with Crippen molar-refractivity contribution in [3.05, 3.63) is 66.0 Å². The van der Waals surface area contributed by atoms with Gasteiger partial charge in [-0.3, -0.25) is 14.7 Å². The Kier molecular flexibility index (Phi) is 5.50. The second-order valence-corrected chi connectivity index (χ2v) is 7.65.